The van der Waals surface area contributed by atoms with Gasteiger partial charge in [0, 0.05) is 7.05 Å². The number of fused-ring (bicyclic) bond motifs is 1. The number of hydrogen-bond acceptors (Lipinski definition) is 7. The van der Waals surface area contributed by atoms with Crippen molar-refractivity contribution in [1.82, 2.24) is 19.5 Å². The lowest BCUT2D eigenvalue weighted by molar-refractivity contribution is -0.00939. The van der Waals surface area contributed by atoms with Gasteiger partial charge < -0.3 is 25.6 Å². The minimum atomic E-state index is -1.97. The minimum absolute atomic E-state index is 0. The van der Waals surface area contributed by atoms with Crippen molar-refractivity contribution >= 4 is 29.4 Å². The first-order chi connectivity index (χ1) is 12.4. The van der Waals surface area contributed by atoms with E-state index in [4.69, 9.17) is 15.9 Å². The van der Waals surface area contributed by atoms with Crippen LogP contribution in [0.4, 0.5) is 10.2 Å². The van der Waals surface area contributed by atoms with Crippen LogP contribution in [0.3, 0.4) is 0 Å². The van der Waals surface area contributed by atoms with Gasteiger partial charge in [0.05, 0.1) is 18.8 Å². The third-order valence-corrected chi connectivity index (χ3v) is 3.79. The van der Waals surface area contributed by atoms with Gasteiger partial charge in [-0.25, -0.2) is 19.3 Å². The number of rotatable bonds is 3. The molecule has 0 spiro atoms. The summed E-state index contributed by atoms with van der Waals surface area (Å²) >= 11 is 0. The van der Waals surface area contributed by atoms with Crippen molar-refractivity contribution in [3.8, 4) is 23.2 Å². The second kappa shape index (κ2) is 7.85. The fourth-order valence-electron chi connectivity index (χ4n) is 2.32. The summed E-state index contributed by atoms with van der Waals surface area (Å²) < 4.78 is 15.6. The predicted molar refractivity (Wildman–Crippen MR) is 99.4 cm³/mol. The summed E-state index contributed by atoms with van der Waals surface area (Å²) in [6, 6.07) is 6.18. The van der Waals surface area contributed by atoms with Crippen LogP contribution in [0.2, 0.25) is 0 Å². The van der Waals surface area contributed by atoms with E-state index in [2.05, 4.69) is 26.8 Å². The Bertz CT molecular complexity index is 1040. The molecule has 0 aliphatic heterocycles. The highest BCUT2D eigenvalue weighted by atomic mass is 35.5. The van der Waals surface area contributed by atoms with Crippen LogP contribution in [0.15, 0.2) is 24.3 Å². The van der Waals surface area contributed by atoms with Crippen LogP contribution < -0.4 is 5.73 Å². The third kappa shape index (κ3) is 3.84. The van der Waals surface area contributed by atoms with Crippen molar-refractivity contribution in [3.05, 3.63) is 35.9 Å². The van der Waals surface area contributed by atoms with E-state index in [1.54, 1.807) is 29.8 Å². The number of halogens is 2. The highest BCUT2D eigenvalue weighted by Gasteiger charge is 2.22. The number of nitrogens with zero attached hydrogens (tertiary/aromatic N) is 4. The molecule has 0 saturated carbocycles. The number of aliphatic hydroxyl groups is 3. The molecule has 10 heteroatoms. The van der Waals surface area contributed by atoms with Gasteiger partial charge >= 0.3 is 0 Å². The Labute approximate surface area is 159 Å². The Kier molecular flexibility index (Phi) is 5.98. The third-order valence-electron chi connectivity index (χ3n) is 3.79. The Hall–Kier alpha value is -2.77. The highest BCUT2D eigenvalue weighted by Crippen LogP contribution is 2.26. The quantitative estimate of drug-likeness (QED) is 0.469. The number of nitrogens with two attached hydrogens (primary N) is 1. The van der Waals surface area contributed by atoms with E-state index < -0.39 is 24.6 Å². The molecule has 27 heavy (non-hydrogen) atoms. The molecule has 0 amide bonds. The summed E-state index contributed by atoms with van der Waals surface area (Å²) in [5.41, 5.74) is 4.84. The molecule has 0 unspecified atom stereocenters. The van der Waals surface area contributed by atoms with Crippen LogP contribution in [-0.2, 0) is 7.05 Å². The van der Waals surface area contributed by atoms with E-state index in [1.807, 2.05) is 0 Å². The van der Waals surface area contributed by atoms with Crippen molar-refractivity contribution in [1.29, 1.82) is 0 Å². The van der Waals surface area contributed by atoms with Crippen molar-refractivity contribution in [2.24, 2.45) is 7.05 Å². The standard InChI is InChI=1S/C17H16FN5O3.ClH/c1-23-15(10-4-2-3-5-11(10)18)22-13-14(19)20-12(21-16(13)23)6-7-17(26,8-24)9-25;/h2-5,24-26H,8-9H2,1H3,(H2,19,20,21);1H. The molecular weight excluding hydrogens is 377 g/mol. The SMILES string of the molecule is Cl.Cn1c(-c2ccccc2F)nc2c(N)nc(C#CC(O)(CO)CO)nc21. The predicted octanol–water partition coefficient (Wildman–Crippen LogP) is 0.241. The number of imidazole rings is 1. The summed E-state index contributed by atoms with van der Waals surface area (Å²) in [4.78, 5) is 12.5. The summed E-state index contributed by atoms with van der Waals surface area (Å²) in [5.74, 6) is 4.67. The maximum atomic E-state index is 14.1. The first kappa shape index (κ1) is 20.5. The van der Waals surface area contributed by atoms with Crippen LogP contribution in [-0.4, -0.2) is 53.7 Å². The van der Waals surface area contributed by atoms with Gasteiger partial charge in [-0.3, -0.25) is 0 Å². The topological polar surface area (TPSA) is 130 Å². The molecule has 0 saturated heterocycles. The average molecular weight is 394 g/mol. The summed E-state index contributed by atoms with van der Waals surface area (Å²) in [7, 11) is 1.65. The number of aryl methyl sites for hydroxylation is 1. The molecule has 0 aliphatic rings. The van der Waals surface area contributed by atoms with E-state index in [1.165, 1.54) is 6.07 Å². The van der Waals surface area contributed by atoms with Gasteiger partial charge in [0.25, 0.3) is 0 Å². The van der Waals surface area contributed by atoms with E-state index in [0.717, 1.165) is 0 Å². The maximum absolute atomic E-state index is 14.1. The second-order valence-electron chi connectivity index (χ2n) is 5.68. The summed E-state index contributed by atoms with van der Waals surface area (Å²) in [6.07, 6.45) is 0. The fourth-order valence-corrected chi connectivity index (χ4v) is 2.32. The van der Waals surface area contributed by atoms with Crippen LogP contribution >= 0.6 is 12.4 Å². The average Bonchev–Trinajstić information content (AvgIpc) is 2.97. The smallest absolute Gasteiger partial charge is 0.209 e. The molecule has 0 radical (unpaired) electrons. The van der Waals surface area contributed by atoms with E-state index in [9.17, 15) is 9.50 Å². The number of hydrogen-bond donors (Lipinski definition) is 4. The molecule has 3 aromatic rings. The van der Waals surface area contributed by atoms with Gasteiger partial charge in [0.1, 0.15) is 11.6 Å². The largest absolute Gasteiger partial charge is 0.392 e. The summed E-state index contributed by atoms with van der Waals surface area (Å²) in [6.45, 7) is -1.51. The molecule has 3 rings (SSSR count). The first-order valence-electron chi connectivity index (χ1n) is 7.60. The van der Waals surface area contributed by atoms with Gasteiger partial charge in [-0.1, -0.05) is 18.1 Å². The molecule has 142 valence electrons. The molecule has 0 fully saturated rings. The lowest BCUT2D eigenvalue weighted by Crippen LogP contribution is -2.35. The van der Waals surface area contributed by atoms with Crippen molar-refractivity contribution < 1.29 is 19.7 Å². The zero-order chi connectivity index (χ0) is 18.9. The molecule has 0 atom stereocenters. The number of aliphatic hydroxyl groups excluding tert-OH is 2. The van der Waals surface area contributed by atoms with Gasteiger partial charge in [-0.15, -0.1) is 12.4 Å². The second-order valence-corrected chi connectivity index (χ2v) is 5.68. The molecule has 5 N–H and O–H groups in total. The first-order valence-corrected chi connectivity index (χ1v) is 7.60. The Morgan fingerprint density at radius 1 is 1.19 bits per heavy atom. The maximum Gasteiger partial charge on any atom is 0.209 e. The normalized spacial score (nSPS) is 11.0. The zero-order valence-electron chi connectivity index (χ0n) is 14.2. The van der Waals surface area contributed by atoms with Crippen molar-refractivity contribution in [3.63, 3.8) is 0 Å². The van der Waals surface area contributed by atoms with Crippen LogP contribution in [0.25, 0.3) is 22.6 Å². The van der Waals surface area contributed by atoms with Crippen LogP contribution in [0, 0.1) is 17.7 Å². The van der Waals surface area contributed by atoms with Crippen molar-refractivity contribution in [2.75, 3.05) is 18.9 Å². The molecule has 0 aliphatic carbocycles. The van der Waals surface area contributed by atoms with Crippen LogP contribution in [0.1, 0.15) is 5.82 Å². The highest BCUT2D eigenvalue weighted by molar-refractivity contribution is 5.86. The Morgan fingerprint density at radius 3 is 2.48 bits per heavy atom. The lowest BCUT2D eigenvalue weighted by Gasteiger charge is -2.14. The summed E-state index contributed by atoms with van der Waals surface area (Å²) in [5, 5.41) is 27.9. The van der Waals surface area contributed by atoms with Crippen molar-refractivity contribution in [2.45, 2.75) is 5.60 Å². The molecule has 1 aromatic carbocycles. The van der Waals surface area contributed by atoms with Gasteiger partial charge in [-0.05, 0) is 18.1 Å². The minimum Gasteiger partial charge on any atom is -0.392 e. The molecule has 2 aromatic heterocycles. The fraction of sp³-hybridized carbons (Fsp3) is 0.235. The number of aromatic nitrogens is 4. The van der Waals surface area contributed by atoms with Gasteiger partial charge in [-0.2, -0.15) is 0 Å². The van der Waals surface area contributed by atoms with Gasteiger partial charge in [0.15, 0.2) is 22.6 Å². The van der Waals surface area contributed by atoms with E-state index in [-0.39, 0.29) is 35.1 Å². The van der Waals surface area contributed by atoms with E-state index >= 15 is 0 Å². The molecule has 2 heterocycles. The molecule has 0 bridgehead atoms. The monoisotopic (exact) mass is 393 g/mol. The van der Waals surface area contributed by atoms with Gasteiger partial charge in [0.2, 0.25) is 5.82 Å². The Balaban J connectivity index is 0.00000261. The number of benzene rings is 1. The van der Waals surface area contributed by atoms with Crippen LogP contribution in [0.5, 0.6) is 0 Å². The molecule has 8 nitrogen and oxygen atoms in total. The number of nitrogen functional groups attached to an aromatic ring is 1. The zero-order valence-corrected chi connectivity index (χ0v) is 15.0. The molecular formula is C17H17ClFN5O3. The van der Waals surface area contributed by atoms with E-state index in [0.29, 0.717) is 11.5 Å². The lowest BCUT2D eigenvalue weighted by atomic mass is 10.1. The number of anilines is 1. The Morgan fingerprint density at radius 2 is 1.85 bits per heavy atom.